The molecule has 0 aliphatic carbocycles. The van der Waals surface area contributed by atoms with E-state index in [1.54, 1.807) is 7.11 Å². The Bertz CT molecular complexity index is 184. The highest BCUT2D eigenvalue weighted by molar-refractivity contribution is 5.69. The third-order valence-electron chi connectivity index (χ3n) is 2.58. The second-order valence-electron chi connectivity index (χ2n) is 3.78. The minimum absolute atomic E-state index is 0.157. The molecule has 0 aromatic rings. The normalized spacial score (nSPS) is 29.4. The van der Waals surface area contributed by atoms with Crippen molar-refractivity contribution in [2.45, 2.75) is 6.92 Å². The molecule has 1 saturated heterocycles. The standard InChI is InChI=1S/C9H17NO3/c1-7-3-10(5-9(11)12)4-8(7)6-13-2/h7-8H,3-6H2,1-2H3,(H,11,12)/t7-,8-/m1/s1. The average molecular weight is 187 g/mol. The smallest absolute Gasteiger partial charge is 0.317 e. The Morgan fingerprint density at radius 3 is 2.85 bits per heavy atom. The van der Waals surface area contributed by atoms with E-state index in [9.17, 15) is 4.79 Å². The summed E-state index contributed by atoms with van der Waals surface area (Å²) in [5.74, 6) is 0.286. The third kappa shape index (κ3) is 2.97. The molecule has 0 spiro atoms. The Balaban J connectivity index is 2.35. The average Bonchev–Trinajstić information content (AvgIpc) is 2.31. The lowest BCUT2D eigenvalue weighted by atomic mass is 10.00. The Morgan fingerprint density at radius 1 is 1.62 bits per heavy atom. The molecule has 1 fully saturated rings. The summed E-state index contributed by atoms with van der Waals surface area (Å²) >= 11 is 0. The lowest BCUT2D eigenvalue weighted by Gasteiger charge is -2.12. The summed E-state index contributed by atoms with van der Waals surface area (Å²) in [5, 5.41) is 8.60. The van der Waals surface area contributed by atoms with E-state index in [1.165, 1.54) is 0 Å². The van der Waals surface area contributed by atoms with Crippen LogP contribution in [0.5, 0.6) is 0 Å². The second-order valence-corrected chi connectivity index (χ2v) is 3.78. The largest absolute Gasteiger partial charge is 0.480 e. The van der Waals surface area contributed by atoms with E-state index in [0.717, 1.165) is 19.7 Å². The van der Waals surface area contributed by atoms with Crippen molar-refractivity contribution in [1.82, 2.24) is 4.90 Å². The summed E-state index contributed by atoms with van der Waals surface area (Å²) in [6.45, 7) is 4.76. The van der Waals surface area contributed by atoms with Crippen LogP contribution in [0, 0.1) is 11.8 Å². The van der Waals surface area contributed by atoms with Gasteiger partial charge in [-0.2, -0.15) is 0 Å². The molecule has 0 aromatic heterocycles. The monoisotopic (exact) mass is 187 g/mol. The summed E-state index contributed by atoms with van der Waals surface area (Å²) in [5.41, 5.74) is 0. The summed E-state index contributed by atoms with van der Waals surface area (Å²) in [7, 11) is 1.69. The van der Waals surface area contributed by atoms with Gasteiger partial charge in [-0.1, -0.05) is 6.92 Å². The van der Waals surface area contributed by atoms with Crippen molar-refractivity contribution < 1.29 is 14.6 Å². The number of likely N-dealkylation sites (tertiary alicyclic amines) is 1. The van der Waals surface area contributed by atoms with Crippen molar-refractivity contribution in [3.05, 3.63) is 0 Å². The minimum atomic E-state index is -0.745. The van der Waals surface area contributed by atoms with Crippen LogP contribution < -0.4 is 0 Å². The fourth-order valence-corrected chi connectivity index (χ4v) is 1.89. The van der Waals surface area contributed by atoms with Crippen molar-refractivity contribution in [3.8, 4) is 0 Å². The van der Waals surface area contributed by atoms with Crippen LogP contribution in [0.25, 0.3) is 0 Å². The fourth-order valence-electron chi connectivity index (χ4n) is 1.89. The minimum Gasteiger partial charge on any atom is -0.480 e. The van der Waals surface area contributed by atoms with Crippen LogP contribution in [-0.2, 0) is 9.53 Å². The van der Waals surface area contributed by atoms with E-state index in [2.05, 4.69) is 6.92 Å². The molecular formula is C9H17NO3. The second kappa shape index (κ2) is 4.58. The summed E-state index contributed by atoms with van der Waals surface area (Å²) in [4.78, 5) is 12.4. The number of methoxy groups -OCH3 is 1. The van der Waals surface area contributed by atoms with E-state index in [0.29, 0.717) is 11.8 Å². The molecule has 1 aliphatic rings. The molecule has 4 nitrogen and oxygen atoms in total. The predicted octanol–water partition coefficient (Wildman–Crippen LogP) is 0.285. The lowest BCUT2D eigenvalue weighted by molar-refractivity contribution is -0.138. The van der Waals surface area contributed by atoms with Crippen LogP contribution in [0.4, 0.5) is 0 Å². The van der Waals surface area contributed by atoms with Gasteiger partial charge in [0.05, 0.1) is 13.2 Å². The molecule has 13 heavy (non-hydrogen) atoms. The topological polar surface area (TPSA) is 49.8 Å². The van der Waals surface area contributed by atoms with Crippen molar-refractivity contribution in [2.75, 3.05) is 33.4 Å². The first-order valence-corrected chi connectivity index (χ1v) is 4.56. The SMILES string of the molecule is COC[C@H]1CN(CC(=O)O)C[C@H]1C. The van der Waals surface area contributed by atoms with Gasteiger partial charge < -0.3 is 9.84 Å². The van der Waals surface area contributed by atoms with Gasteiger partial charge in [-0.05, 0) is 11.8 Å². The van der Waals surface area contributed by atoms with Gasteiger partial charge in [0.2, 0.25) is 0 Å². The van der Waals surface area contributed by atoms with Gasteiger partial charge >= 0.3 is 5.97 Å². The van der Waals surface area contributed by atoms with E-state index < -0.39 is 5.97 Å². The van der Waals surface area contributed by atoms with Crippen LogP contribution in [0.1, 0.15) is 6.92 Å². The molecule has 0 bridgehead atoms. The maximum absolute atomic E-state index is 10.5. The van der Waals surface area contributed by atoms with Crippen molar-refractivity contribution in [1.29, 1.82) is 0 Å². The van der Waals surface area contributed by atoms with E-state index in [1.807, 2.05) is 4.90 Å². The number of aliphatic carboxylic acids is 1. The Kier molecular flexibility index (Phi) is 3.69. The first-order chi connectivity index (χ1) is 6.13. The molecule has 0 aromatic carbocycles. The summed E-state index contributed by atoms with van der Waals surface area (Å²) in [6, 6.07) is 0. The number of carboxylic acids is 1. The highest BCUT2D eigenvalue weighted by atomic mass is 16.5. The predicted molar refractivity (Wildman–Crippen MR) is 48.6 cm³/mol. The number of rotatable bonds is 4. The molecule has 1 rings (SSSR count). The first kappa shape index (κ1) is 10.5. The molecule has 1 N–H and O–H groups in total. The van der Waals surface area contributed by atoms with Crippen molar-refractivity contribution in [3.63, 3.8) is 0 Å². The molecule has 1 aliphatic heterocycles. The number of carbonyl (C=O) groups is 1. The van der Waals surface area contributed by atoms with Gasteiger partial charge in [-0.3, -0.25) is 9.69 Å². The molecule has 0 amide bonds. The van der Waals surface area contributed by atoms with Crippen LogP contribution in [-0.4, -0.2) is 49.3 Å². The molecule has 4 heteroatoms. The Hall–Kier alpha value is -0.610. The van der Waals surface area contributed by atoms with Gasteiger partial charge in [0.1, 0.15) is 0 Å². The molecule has 2 atom stereocenters. The van der Waals surface area contributed by atoms with Crippen LogP contribution in [0.15, 0.2) is 0 Å². The first-order valence-electron chi connectivity index (χ1n) is 4.56. The maximum atomic E-state index is 10.5. The number of ether oxygens (including phenoxy) is 1. The zero-order valence-corrected chi connectivity index (χ0v) is 8.19. The van der Waals surface area contributed by atoms with Gasteiger partial charge in [0.15, 0.2) is 0 Å². The summed E-state index contributed by atoms with van der Waals surface area (Å²) in [6.07, 6.45) is 0. The quantitative estimate of drug-likeness (QED) is 0.687. The van der Waals surface area contributed by atoms with Crippen molar-refractivity contribution in [2.24, 2.45) is 11.8 Å². The van der Waals surface area contributed by atoms with E-state index in [-0.39, 0.29) is 6.54 Å². The number of carboxylic acid groups (broad SMARTS) is 1. The van der Waals surface area contributed by atoms with E-state index in [4.69, 9.17) is 9.84 Å². The number of hydrogen-bond donors (Lipinski definition) is 1. The Morgan fingerprint density at radius 2 is 2.31 bits per heavy atom. The zero-order chi connectivity index (χ0) is 9.84. The third-order valence-corrected chi connectivity index (χ3v) is 2.58. The molecular weight excluding hydrogens is 170 g/mol. The van der Waals surface area contributed by atoms with Crippen LogP contribution >= 0.6 is 0 Å². The molecule has 0 radical (unpaired) electrons. The molecule has 76 valence electrons. The van der Waals surface area contributed by atoms with Gasteiger partial charge in [-0.25, -0.2) is 0 Å². The van der Waals surface area contributed by atoms with Crippen molar-refractivity contribution >= 4 is 5.97 Å². The zero-order valence-electron chi connectivity index (χ0n) is 8.19. The highest BCUT2D eigenvalue weighted by Gasteiger charge is 2.30. The van der Waals surface area contributed by atoms with Gasteiger partial charge in [0, 0.05) is 20.2 Å². The van der Waals surface area contributed by atoms with Gasteiger partial charge in [0.25, 0.3) is 0 Å². The number of nitrogens with zero attached hydrogens (tertiary/aromatic N) is 1. The van der Waals surface area contributed by atoms with E-state index >= 15 is 0 Å². The molecule has 0 saturated carbocycles. The van der Waals surface area contributed by atoms with Crippen LogP contribution in [0.2, 0.25) is 0 Å². The number of hydrogen-bond acceptors (Lipinski definition) is 3. The fraction of sp³-hybridized carbons (Fsp3) is 0.889. The molecule has 0 unspecified atom stereocenters. The highest BCUT2D eigenvalue weighted by Crippen LogP contribution is 2.22. The maximum Gasteiger partial charge on any atom is 0.317 e. The van der Waals surface area contributed by atoms with Crippen LogP contribution in [0.3, 0.4) is 0 Å². The van der Waals surface area contributed by atoms with Gasteiger partial charge in [-0.15, -0.1) is 0 Å². The lowest BCUT2D eigenvalue weighted by Crippen LogP contribution is -2.28. The summed E-state index contributed by atoms with van der Waals surface area (Å²) < 4.78 is 5.08. The Labute approximate surface area is 78.5 Å². The molecule has 1 heterocycles.